The third kappa shape index (κ3) is 5.72. The highest BCUT2D eigenvalue weighted by molar-refractivity contribution is 7.93. The van der Waals surface area contributed by atoms with E-state index >= 15 is 0 Å². The number of benzene rings is 3. The molecule has 0 unspecified atom stereocenters. The van der Waals surface area contributed by atoms with Gasteiger partial charge in [-0.1, -0.05) is 0 Å². The second-order valence-electron chi connectivity index (χ2n) is 8.52. The maximum atomic E-state index is 13.7. The molecule has 1 heterocycles. The van der Waals surface area contributed by atoms with Crippen molar-refractivity contribution in [2.45, 2.75) is 21.9 Å². The Labute approximate surface area is 221 Å². The van der Waals surface area contributed by atoms with Gasteiger partial charge >= 0.3 is 0 Å². The van der Waals surface area contributed by atoms with E-state index in [1.165, 1.54) is 87.0 Å². The molecule has 11 nitrogen and oxygen atoms in total. The van der Waals surface area contributed by atoms with Gasteiger partial charge in [-0.25, -0.2) is 25.3 Å². The molecule has 204 valence electrons. The van der Waals surface area contributed by atoms with Crippen molar-refractivity contribution in [1.82, 2.24) is 0 Å². The number of hydrogen-bond donors (Lipinski definition) is 2. The molecular weight excluding hydrogens is 556 g/mol. The largest absolute Gasteiger partial charge is 0.497 e. The second kappa shape index (κ2) is 10.4. The standard InChI is InChI=1S/C24H26N2O9S3/c1-34-19-7-11-21(12-8-19)37(30,31)25-17-3-5-18(6-4-17)26(23-15-36(28,29)16-24(23)27)38(32,33)22-13-9-20(35-2)10-14-22/h3-14,23-25,27H,15-16H2,1-2H3/t23-,24-/m0/s1. The van der Waals surface area contributed by atoms with Crippen molar-refractivity contribution >= 4 is 41.3 Å². The maximum absolute atomic E-state index is 13.7. The Kier molecular flexibility index (Phi) is 7.61. The summed E-state index contributed by atoms with van der Waals surface area (Å²) < 4.78 is 90.8. The van der Waals surface area contributed by atoms with Crippen molar-refractivity contribution in [3.05, 3.63) is 72.8 Å². The fourth-order valence-electron chi connectivity index (χ4n) is 4.05. The van der Waals surface area contributed by atoms with Gasteiger partial charge in [0.05, 0.1) is 53.3 Å². The number of rotatable bonds is 9. The van der Waals surface area contributed by atoms with E-state index in [1.807, 2.05) is 0 Å². The average Bonchev–Trinajstić information content (AvgIpc) is 3.16. The van der Waals surface area contributed by atoms with Crippen molar-refractivity contribution in [1.29, 1.82) is 0 Å². The minimum atomic E-state index is -4.34. The first kappa shape index (κ1) is 27.7. The third-order valence-corrected chi connectivity index (χ3v) is 10.9. The maximum Gasteiger partial charge on any atom is 0.264 e. The van der Waals surface area contributed by atoms with Crippen molar-refractivity contribution in [2.75, 3.05) is 34.8 Å². The van der Waals surface area contributed by atoms with Gasteiger partial charge in [-0.3, -0.25) is 9.03 Å². The van der Waals surface area contributed by atoms with Crippen LogP contribution < -0.4 is 18.5 Å². The first-order valence-electron chi connectivity index (χ1n) is 11.2. The van der Waals surface area contributed by atoms with Crippen LogP contribution in [0.2, 0.25) is 0 Å². The number of nitrogens with zero attached hydrogens (tertiary/aromatic N) is 1. The molecule has 0 amide bonds. The van der Waals surface area contributed by atoms with Crippen molar-refractivity contribution in [3.63, 3.8) is 0 Å². The average molecular weight is 583 g/mol. The van der Waals surface area contributed by atoms with Gasteiger partial charge in [0.15, 0.2) is 9.84 Å². The Morgan fingerprint density at radius 1 is 0.789 bits per heavy atom. The Balaban J connectivity index is 1.69. The van der Waals surface area contributed by atoms with E-state index in [0.717, 1.165) is 4.31 Å². The van der Waals surface area contributed by atoms with Gasteiger partial charge in [-0.05, 0) is 72.8 Å². The van der Waals surface area contributed by atoms with Crippen LogP contribution in [-0.4, -0.2) is 68.2 Å². The van der Waals surface area contributed by atoms with Crippen molar-refractivity contribution < 1.29 is 39.8 Å². The van der Waals surface area contributed by atoms with Gasteiger partial charge in [0.1, 0.15) is 11.5 Å². The van der Waals surface area contributed by atoms with Crippen LogP contribution in [0, 0.1) is 0 Å². The normalized spacial score (nSPS) is 19.0. The lowest BCUT2D eigenvalue weighted by molar-refractivity contribution is 0.184. The quantitative estimate of drug-likeness (QED) is 0.384. The highest BCUT2D eigenvalue weighted by Crippen LogP contribution is 2.33. The van der Waals surface area contributed by atoms with Crippen LogP contribution in [-0.2, 0) is 29.9 Å². The molecule has 1 aliphatic rings. The van der Waals surface area contributed by atoms with Crippen LogP contribution in [0.4, 0.5) is 11.4 Å². The molecule has 0 aromatic heterocycles. The topological polar surface area (TPSA) is 156 Å². The number of ether oxygens (including phenoxy) is 2. The molecule has 1 saturated heterocycles. The highest BCUT2D eigenvalue weighted by atomic mass is 32.2. The molecule has 1 aliphatic heterocycles. The number of aliphatic hydroxyl groups excluding tert-OH is 1. The van der Waals surface area contributed by atoms with Gasteiger partial charge < -0.3 is 14.6 Å². The summed E-state index contributed by atoms with van der Waals surface area (Å²) in [6.45, 7) is 0. The zero-order valence-electron chi connectivity index (χ0n) is 20.4. The Morgan fingerprint density at radius 3 is 1.74 bits per heavy atom. The summed E-state index contributed by atoms with van der Waals surface area (Å²) in [5.74, 6) is -0.239. The minimum Gasteiger partial charge on any atom is -0.497 e. The summed E-state index contributed by atoms with van der Waals surface area (Å²) in [5.41, 5.74) is 0.195. The zero-order valence-corrected chi connectivity index (χ0v) is 22.8. The van der Waals surface area contributed by atoms with Gasteiger partial charge in [-0.2, -0.15) is 0 Å². The van der Waals surface area contributed by atoms with Crippen molar-refractivity contribution in [3.8, 4) is 11.5 Å². The van der Waals surface area contributed by atoms with E-state index in [-0.39, 0.29) is 21.2 Å². The first-order chi connectivity index (χ1) is 17.9. The number of methoxy groups -OCH3 is 2. The van der Waals surface area contributed by atoms with Gasteiger partial charge in [-0.15, -0.1) is 0 Å². The molecule has 3 aromatic carbocycles. The van der Waals surface area contributed by atoms with Gasteiger partial charge in [0, 0.05) is 5.69 Å². The number of sulfone groups is 1. The summed E-state index contributed by atoms with van der Waals surface area (Å²) in [4.78, 5) is -0.149. The van der Waals surface area contributed by atoms with Crippen LogP contribution in [0.15, 0.2) is 82.6 Å². The zero-order chi connectivity index (χ0) is 27.7. The van der Waals surface area contributed by atoms with Crippen molar-refractivity contribution in [2.24, 2.45) is 0 Å². The second-order valence-corrected chi connectivity index (χ2v) is 14.2. The number of nitrogens with one attached hydrogen (secondary N) is 1. The number of anilines is 2. The molecular formula is C24H26N2O9S3. The summed E-state index contributed by atoms with van der Waals surface area (Å²) in [6, 6.07) is 15.4. The predicted octanol–water partition coefficient (Wildman–Crippen LogP) is 1.86. The van der Waals surface area contributed by atoms with Gasteiger partial charge in [0.2, 0.25) is 0 Å². The molecule has 0 spiro atoms. The van der Waals surface area contributed by atoms with Crippen LogP contribution >= 0.6 is 0 Å². The third-order valence-electron chi connectivity index (χ3n) is 5.95. The number of sulfonamides is 2. The number of hydrogen-bond acceptors (Lipinski definition) is 9. The number of aliphatic hydroxyl groups is 1. The molecule has 0 bridgehead atoms. The Morgan fingerprint density at radius 2 is 1.29 bits per heavy atom. The van der Waals surface area contributed by atoms with Gasteiger partial charge in [0.25, 0.3) is 20.0 Å². The predicted molar refractivity (Wildman–Crippen MR) is 141 cm³/mol. The first-order valence-corrected chi connectivity index (χ1v) is 15.9. The molecule has 2 atom stereocenters. The van der Waals surface area contributed by atoms with E-state index in [1.54, 1.807) is 0 Å². The van der Waals surface area contributed by atoms with E-state index in [4.69, 9.17) is 9.47 Å². The summed E-state index contributed by atoms with van der Waals surface area (Å²) in [7, 11) is -9.10. The fourth-order valence-corrected chi connectivity index (χ4v) is 8.65. The van der Waals surface area contributed by atoms with Crippen LogP contribution in [0.5, 0.6) is 11.5 Å². The summed E-state index contributed by atoms with van der Waals surface area (Å²) >= 11 is 0. The molecule has 3 aromatic rings. The smallest absolute Gasteiger partial charge is 0.264 e. The summed E-state index contributed by atoms with van der Waals surface area (Å²) in [5, 5.41) is 10.5. The SMILES string of the molecule is COc1ccc(S(=O)(=O)Nc2ccc(N([C@H]3CS(=O)(=O)C[C@@H]3O)S(=O)(=O)c3ccc(OC)cc3)cc2)cc1. The fraction of sp³-hybridized carbons (Fsp3) is 0.250. The van der Waals surface area contributed by atoms with Crippen LogP contribution in [0.25, 0.3) is 0 Å². The molecule has 2 N–H and O–H groups in total. The minimum absolute atomic E-state index is 0.00892. The molecule has 38 heavy (non-hydrogen) atoms. The lowest BCUT2D eigenvalue weighted by Gasteiger charge is -2.31. The Hall–Kier alpha value is -3.33. The van der Waals surface area contributed by atoms with Crippen LogP contribution in [0.1, 0.15) is 0 Å². The highest BCUT2D eigenvalue weighted by Gasteiger charge is 2.45. The summed E-state index contributed by atoms with van der Waals surface area (Å²) in [6.07, 6.45) is -1.46. The molecule has 14 heteroatoms. The molecule has 0 radical (unpaired) electrons. The lowest BCUT2D eigenvalue weighted by atomic mass is 10.2. The van der Waals surface area contributed by atoms with E-state index in [9.17, 15) is 30.4 Å². The molecule has 0 saturated carbocycles. The molecule has 1 fully saturated rings. The molecule has 4 rings (SSSR count). The van der Waals surface area contributed by atoms with E-state index in [2.05, 4.69) is 4.72 Å². The molecule has 0 aliphatic carbocycles. The monoisotopic (exact) mass is 582 g/mol. The van der Waals surface area contributed by atoms with E-state index in [0.29, 0.717) is 11.5 Å². The Bertz CT molecular complexity index is 1600. The van der Waals surface area contributed by atoms with Crippen LogP contribution in [0.3, 0.4) is 0 Å². The van der Waals surface area contributed by atoms with E-state index < -0.39 is 53.5 Å². The lowest BCUT2D eigenvalue weighted by Crippen LogP contribution is -2.47.